The molecule has 2 rings (SSSR count). The zero-order valence-electron chi connectivity index (χ0n) is 9.54. The number of hydrogen-bond acceptors (Lipinski definition) is 5. The van der Waals surface area contributed by atoms with Crippen molar-refractivity contribution in [1.82, 2.24) is 9.71 Å². The summed E-state index contributed by atoms with van der Waals surface area (Å²) in [4.78, 5) is 3.79. The second-order valence-corrected chi connectivity index (χ2v) is 6.18. The second kappa shape index (κ2) is 5.47. The van der Waals surface area contributed by atoms with Gasteiger partial charge in [0.05, 0.1) is 0 Å². The maximum absolute atomic E-state index is 12.0. The Balaban J connectivity index is 2.02. The second-order valence-electron chi connectivity index (χ2n) is 3.67. The lowest BCUT2D eigenvalue weighted by Gasteiger charge is -2.07. The first-order valence-corrected chi connectivity index (χ1v) is 7.73. The van der Waals surface area contributed by atoms with Gasteiger partial charge in [0.15, 0.2) is 0 Å². The summed E-state index contributed by atoms with van der Waals surface area (Å²) >= 11 is 1.59. The van der Waals surface area contributed by atoms with Crippen LogP contribution in [0, 0.1) is 0 Å². The van der Waals surface area contributed by atoms with Crippen molar-refractivity contribution in [2.75, 3.05) is 12.3 Å². The molecule has 0 saturated heterocycles. The van der Waals surface area contributed by atoms with Crippen molar-refractivity contribution in [2.24, 2.45) is 0 Å². The first-order chi connectivity index (χ1) is 8.59. The van der Waals surface area contributed by atoms with E-state index in [2.05, 4.69) is 9.71 Å². The number of nitrogen functional groups attached to an aromatic ring is 1. The van der Waals surface area contributed by atoms with Crippen LogP contribution in [-0.4, -0.2) is 19.9 Å². The van der Waals surface area contributed by atoms with Crippen LogP contribution < -0.4 is 10.5 Å². The Morgan fingerprint density at radius 1 is 1.39 bits per heavy atom. The summed E-state index contributed by atoms with van der Waals surface area (Å²) in [5.41, 5.74) is 6.66. The molecule has 3 N–H and O–H groups in total. The Labute approximate surface area is 110 Å². The fourth-order valence-corrected chi connectivity index (χ4v) is 3.29. The molecule has 0 unspecified atom stereocenters. The summed E-state index contributed by atoms with van der Waals surface area (Å²) in [5, 5.41) is 3.95. The van der Waals surface area contributed by atoms with Gasteiger partial charge < -0.3 is 5.73 Å². The van der Waals surface area contributed by atoms with E-state index in [-0.39, 0.29) is 10.7 Å². The lowest BCUT2D eigenvalue weighted by molar-refractivity contribution is 0.582. The van der Waals surface area contributed by atoms with Gasteiger partial charge in [-0.15, -0.1) is 0 Å². The number of hydrogen-bond donors (Lipinski definition) is 2. The van der Waals surface area contributed by atoms with Crippen molar-refractivity contribution in [3.63, 3.8) is 0 Å². The van der Waals surface area contributed by atoms with Crippen molar-refractivity contribution < 1.29 is 8.42 Å². The predicted octanol–water partition coefficient (Wildman–Crippen LogP) is 1.25. The van der Waals surface area contributed by atoms with E-state index in [1.165, 1.54) is 12.3 Å². The zero-order chi connectivity index (χ0) is 13.0. The highest BCUT2D eigenvalue weighted by Crippen LogP contribution is 2.14. The molecule has 2 aromatic rings. The molecule has 0 saturated carbocycles. The summed E-state index contributed by atoms with van der Waals surface area (Å²) in [6, 6.07) is 4.95. The Hall–Kier alpha value is -1.44. The van der Waals surface area contributed by atoms with Crippen LogP contribution in [0.5, 0.6) is 0 Å². The van der Waals surface area contributed by atoms with E-state index in [4.69, 9.17) is 5.73 Å². The molecular formula is C11H13N3O2S2. The van der Waals surface area contributed by atoms with Crippen LogP contribution in [0.3, 0.4) is 0 Å². The van der Waals surface area contributed by atoms with Crippen molar-refractivity contribution in [3.8, 4) is 0 Å². The van der Waals surface area contributed by atoms with Gasteiger partial charge in [-0.3, -0.25) is 0 Å². The highest BCUT2D eigenvalue weighted by molar-refractivity contribution is 7.89. The summed E-state index contributed by atoms with van der Waals surface area (Å²) in [6.45, 7) is 0.341. The van der Waals surface area contributed by atoms with E-state index in [0.717, 1.165) is 5.56 Å². The van der Waals surface area contributed by atoms with Gasteiger partial charge in [0.2, 0.25) is 10.0 Å². The number of anilines is 1. The molecule has 0 amide bonds. The number of rotatable bonds is 5. The van der Waals surface area contributed by atoms with Gasteiger partial charge in [0.25, 0.3) is 0 Å². The molecule has 96 valence electrons. The summed E-state index contributed by atoms with van der Waals surface area (Å²) in [5.74, 6) is 0.0144. The van der Waals surface area contributed by atoms with Crippen molar-refractivity contribution in [2.45, 2.75) is 11.3 Å². The molecule has 0 aliphatic heterocycles. The van der Waals surface area contributed by atoms with Crippen LogP contribution in [-0.2, 0) is 16.4 Å². The molecule has 0 radical (unpaired) electrons. The van der Waals surface area contributed by atoms with E-state index in [1.807, 2.05) is 16.8 Å². The number of thiophene rings is 1. The third-order valence-electron chi connectivity index (χ3n) is 2.38. The third kappa shape index (κ3) is 3.06. The van der Waals surface area contributed by atoms with Crippen LogP contribution in [0.15, 0.2) is 40.1 Å². The SMILES string of the molecule is Nc1ncccc1S(=O)(=O)NCCc1ccsc1. The largest absolute Gasteiger partial charge is 0.383 e. The smallest absolute Gasteiger partial charge is 0.244 e. The van der Waals surface area contributed by atoms with E-state index in [0.29, 0.717) is 13.0 Å². The minimum atomic E-state index is -3.58. The number of nitrogens with zero attached hydrogens (tertiary/aromatic N) is 1. The zero-order valence-corrected chi connectivity index (χ0v) is 11.2. The van der Waals surface area contributed by atoms with Crippen molar-refractivity contribution in [1.29, 1.82) is 0 Å². The van der Waals surface area contributed by atoms with Crippen LogP contribution in [0.25, 0.3) is 0 Å². The summed E-state index contributed by atoms with van der Waals surface area (Å²) < 4.78 is 26.4. The molecule has 18 heavy (non-hydrogen) atoms. The summed E-state index contributed by atoms with van der Waals surface area (Å²) in [7, 11) is -3.58. The standard InChI is InChI=1S/C11H13N3O2S2/c12-11-10(2-1-5-13-11)18(15,16)14-6-3-9-4-7-17-8-9/h1-2,4-5,7-8,14H,3,6H2,(H2,12,13). The quantitative estimate of drug-likeness (QED) is 0.864. The molecule has 7 heteroatoms. The number of nitrogens with two attached hydrogens (primary N) is 1. The minimum absolute atomic E-state index is 0.0144. The number of sulfonamides is 1. The fraction of sp³-hybridized carbons (Fsp3) is 0.182. The lowest BCUT2D eigenvalue weighted by atomic mass is 10.2. The molecular weight excluding hydrogens is 270 g/mol. The van der Waals surface area contributed by atoms with E-state index >= 15 is 0 Å². The highest BCUT2D eigenvalue weighted by Gasteiger charge is 2.16. The first kappa shape index (κ1) is 13.0. The average molecular weight is 283 g/mol. The van der Waals surface area contributed by atoms with E-state index < -0.39 is 10.0 Å². The Morgan fingerprint density at radius 2 is 2.22 bits per heavy atom. The van der Waals surface area contributed by atoms with Gasteiger partial charge in [-0.2, -0.15) is 11.3 Å². The molecule has 0 atom stereocenters. The van der Waals surface area contributed by atoms with Crippen LogP contribution >= 0.6 is 11.3 Å². The maximum Gasteiger partial charge on any atom is 0.244 e. The topological polar surface area (TPSA) is 85.1 Å². The molecule has 0 bridgehead atoms. The highest BCUT2D eigenvalue weighted by atomic mass is 32.2. The number of nitrogens with one attached hydrogen (secondary N) is 1. The monoisotopic (exact) mass is 283 g/mol. The molecule has 0 spiro atoms. The van der Waals surface area contributed by atoms with E-state index in [1.54, 1.807) is 17.4 Å². The molecule has 0 aromatic carbocycles. The van der Waals surface area contributed by atoms with Gasteiger partial charge >= 0.3 is 0 Å². The Bertz CT molecular complexity index is 609. The van der Waals surface area contributed by atoms with Crippen LogP contribution in [0.2, 0.25) is 0 Å². The lowest BCUT2D eigenvalue weighted by Crippen LogP contribution is -2.26. The Kier molecular flexibility index (Phi) is 3.95. The number of aromatic nitrogens is 1. The summed E-state index contributed by atoms with van der Waals surface area (Å²) in [6.07, 6.45) is 2.11. The van der Waals surface area contributed by atoms with Gasteiger partial charge in [0.1, 0.15) is 10.7 Å². The molecule has 5 nitrogen and oxygen atoms in total. The molecule has 0 aliphatic carbocycles. The average Bonchev–Trinajstić information content (AvgIpc) is 2.82. The minimum Gasteiger partial charge on any atom is -0.383 e. The van der Waals surface area contributed by atoms with E-state index in [9.17, 15) is 8.42 Å². The molecule has 0 fully saturated rings. The van der Waals surface area contributed by atoms with Crippen molar-refractivity contribution >= 4 is 27.2 Å². The van der Waals surface area contributed by atoms with Gasteiger partial charge in [-0.25, -0.2) is 18.1 Å². The van der Waals surface area contributed by atoms with Gasteiger partial charge in [-0.05, 0) is 40.9 Å². The predicted molar refractivity (Wildman–Crippen MR) is 71.9 cm³/mol. The maximum atomic E-state index is 12.0. The normalized spacial score (nSPS) is 11.6. The van der Waals surface area contributed by atoms with Gasteiger partial charge in [-0.1, -0.05) is 0 Å². The molecule has 2 heterocycles. The number of pyridine rings is 1. The molecule has 0 aliphatic rings. The fourth-order valence-electron chi connectivity index (χ4n) is 1.47. The van der Waals surface area contributed by atoms with Crippen LogP contribution in [0.1, 0.15) is 5.56 Å². The van der Waals surface area contributed by atoms with Crippen molar-refractivity contribution in [3.05, 3.63) is 40.7 Å². The van der Waals surface area contributed by atoms with Gasteiger partial charge in [0, 0.05) is 12.7 Å². The van der Waals surface area contributed by atoms with Crippen LogP contribution in [0.4, 0.5) is 5.82 Å². The third-order valence-corrected chi connectivity index (χ3v) is 4.62. The first-order valence-electron chi connectivity index (χ1n) is 5.31. The Morgan fingerprint density at radius 3 is 2.89 bits per heavy atom. The molecule has 2 aromatic heterocycles.